The van der Waals surface area contributed by atoms with E-state index in [1.54, 1.807) is 0 Å². The van der Waals surface area contributed by atoms with Crippen molar-refractivity contribution in [3.8, 4) is 0 Å². The zero-order valence-electron chi connectivity index (χ0n) is 15.0. The van der Waals surface area contributed by atoms with E-state index in [1.165, 1.54) is 21.7 Å². The Morgan fingerprint density at radius 1 is 1.20 bits per heavy atom. The Bertz CT molecular complexity index is 727. The molecule has 1 amide bonds. The molecule has 0 aromatic heterocycles. The van der Waals surface area contributed by atoms with Crippen LogP contribution in [0, 0.1) is 0 Å². The second kappa shape index (κ2) is 7.43. The summed E-state index contributed by atoms with van der Waals surface area (Å²) in [6.07, 6.45) is 4.43. The fourth-order valence-corrected chi connectivity index (χ4v) is 4.65. The van der Waals surface area contributed by atoms with Gasteiger partial charge in [0.25, 0.3) is 0 Å². The van der Waals surface area contributed by atoms with Crippen molar-refractivity contribution >= 4 is 15.9 Å². The second-order valence-electron chi connectivity index (χ2n) is 7.05. The molecule has 1 fully saturated rings. The standard InChI is InChI=1S/C18H27N3O3S/c1-19(17-9-5-7-15-6-3-4-8-16(15)17)18(22)14-20-10-12-21(13-11-20)25(2,23)24/h3-4,6,8,17H,5,7,9-14H2,1-2H3. The van der Waals surface area contributed by atoms with E-state index in [9.17, 15) is 13.2 Å². The molecule has 1 aromatic carbocycles. The molecule has 0 spiro atoms. The number of amides is 1. The van der Waals surface area contributed by atoms with Crippen LogP contribution < -0.4 is 0 Å². The van der Waals surface area contributed by atoms with Crippen LogP contribution in [0.2, 0.25) is 0 Å². The van der Waals surface area contributed by atoms with Gasteiger partial charge in [-0.1, -0.05) is 24.3 Å². The largest absolute Gasteiger partial charge is 0.338 e. The Labute approximate surface area is 150 Å². The highest BCUT2D eigenvalue weighted by molar-refractivity contribution is 7.88. The molecule has 0 bridgehead atoms. The lowest BCUT2D eigenvalue weighted by Gasteiger charge is -2.36. The van der Waals surface area contributed by atoms with Gasteiger partial charge in [-0.05, 0) is 30.4 Å². The van der Waals surface area contributed by atoms with Crippen LogP contribution >= 0.6 is 0 Å². The molecular formula is C18H27N3O3S. The normalized spacial score (nSPS) is 22.4. The molecule has 0 saturated carbocycles. The number of fused-ring (bicyclic) bond motifs is 1. The molecule has 25 heavy (non-hydrogen) atoms. The van der Waals surface area contributed by atoms with Gasteiger partial charge < -0.3 is 4.90 Å². The number of hydrogen-bond acceptors (Lipinski definition) is 4. The molecule has 1 heterocycles. The van der Waals surface area contributed by atoms with E-state index >= 15 is 0 Å². The lowest BCUT2D eigenvalue weighted by Crippen LogP contribution is -2.51. The number of carbonyl (C=O) groups excluding carboxylic acids is 1. The number of likely N-dealkylation sites (N-methyl/N-ethyl adjacent to an activating group) is 1. The Hall–Kier alpha value is -1.44. The smallest absolute Gasteiger partial charge is 0.237 e. The molecule has 0 radical (unpaired) electrons. The Kier molecular flexibility index (Phi) is 5.46. The minimum Gasteiger partial charge on any atom is -0.338 e. The lowest BCUT2D eigenvalue weighted by molar-refractivity contribution is -0.133. The maximum Gasteiger partial charge on any atom is 0.237 e. The summed E-state index contributed by atoms with van der Waals surface area (Å²) >= 11 is 0. The van der Waals surface area contributed by atoms with Crippen molar-refractivity contribution in [1.29, 1.82) is 0 Å². The quantitative estimate of drug-likeness (QED) is 0.802. The third-order valence-electron chi connectivity index (χ3n) is 5.36. The van der Waals surface area contributed by atoms with Crippen LogP contribution in [0.25, 0.3) is 0 Å². The SMILES string of the molecule is CN(C(=O)CN1CCN(S(C)(=O)=O)CC1)C1CCCc2ccccc21. The average Bonchev–Trinajstić information content (AvgIpc) is 2.60. The van der Waals surface area contributed by atoms with Crippen molar-refractivity contribution in [3.05, 3.63) is 35.4 Å². The minimum absolute atomic E-state index is 0.106. The predicted octanol–water partition coefficient (Wildman–Crippen LogP) is 1.10. The van der Waals surface area contributed by atoms with Gasteiger partial charge in [-0.15, -0.1) is 0 Å². The Morgan fingerprint density at radius 3 is 2.56 bits per heavy atom. The summed E-state index contributed by atoms with van der Waals surface area (Å²) in [7, 11) is -1.24. The van der Waals surface area contributed by atoms with Crippen LogP contribution in [0.5, 0.6) is 0 Å². The van der Waals surface area contributed by atoms with Crippen LogP contribution in [0.1, 0.15) is 30.0 Å². The number of carbonyl (C=O) groups is 1. The molecule has 6 nitrogen and oxygen atoms in total. The third kappa shape index (κ3) is 4.22. The molecule has 1 unspecified atom stereocenters. The topological polar surface area (TPSA) is 60.9 Å². The monoisotopic (exact) mass is 365 g/mol. The minimum atomic E-state index is -3.13. The van der Waals surface area contributed by atoms with Gasteiger partial charge in [-0.2, -0.15) is 4.31 Å². The summed E-state index contributed by atoms with van der Waals surface area (Å²) < 4.78 is 24.6. The number of sulfonamides is 1. The number of aryl methyl sites for hydroxylation is 1. The first-order valence-corrected chi connectivity index (χ1v) is 10.7. The Morgan fingerprint density at radius 2 is 1.88 bits per heavy atom. The lowest BCUT2D eigenvalue weighted by atomic mass is 9.87. The fourth-order valence-electron chi connectivity index (χ4n) is 3.83. The predicted molar refractivity (Wildman–Crippen MR) is 97.7 cm³/mol. The van der Waals surface area contributed by atoms with Crippen LogP contribution in [0.4, 0.5) is 0 Å². The third-order valence-corrected chi connectivity index (χ3v) is 6.66. The molecule has 1 aliphatic heterocycles. The van der Waals surface area contributed by atoms with E-state index < -0.39 is 10.0 Å². The van der Waals surface area contributed by atoms with E-state index in [4.69, 9.17) is 0 Å². The van der Waals surface area contributed by atoms with Crippen molar-refractivity contribution in [2.75, 3.05) is 46.0 Å². The second-order valence-corrected chi connectivity index (χ2v) is 9.03. The van der Waals surface area contributed by atoms with E-state index in [0.717, 1.165) is 19.3 Å². The van der Waals surface area contributed by atoms with Gasteiger partial charge in [0, 0.05) is 33.2 Å². The van der Waals surface area contributed by atoms with Crippen molar-refractivity contribution < 1.29 is 13.2 Å². The number of rotatable bonds is 4. The summed E-state index contributed by atoms with van der Waals surface area (Å²) in [5, 5.41) is 0. The first kappa shape index (κ1) is 18.4. The van der Waals surface area contributed by atoms with Gasteiger partial charge in [0.15, 0.2) is 0 Å². The highest BCUT2D eigenvalue weighted by atomic mass is 32.2. The molecule has 1 aromatic rings. The molecule has 138 valence electrons. The van der Waals surface area contributed by atoms with Gasteiger partial charge in [0.2, 0.25) is 15.9 Å². The van der Waals surface area contributed by atoms with Crippen molar-refractivity contribution in [2.24, 2.45) is 0 Å². The van der Waals surface area contributed by atoms with Gasteiger partial charge in [0.05, 0.1) is 18.8 Å². The molecule has 1 saturated heterocycles. The number of hydrogen-bond donors (Lipinski definition) is 0. The van der Waals surface area contributed by atoms with Crippen molar-refractivity contribution in [2.45, 2.75) is 25.3 Å². The van der Waals surface area contributed by atoms with Gasteiger partial charge in [0.1, 0.15) is 0 Å². The number of benzene rings is 1. The molecule has 3 rings (SSSR count). The highest BCUT2D eigenvalue weighted by Crippen LogP contribution is 2.33. The van der Waals surface area contributed by atoms with Gasteiger partial charge >= 0.3 is 0 Å². The maximum atomic E-state index is 12.8. The van der Waals surface area contributed by atoms with Crippen LogP contribution in [-0.2, 0) is 21.2 Å². The van der Waals surface area contributed by atoms with E-state index in [0.29, 0.717) is 32.7 Å². The number of nitrogens with zero attached hydrogens (tertiary/aromatic N) is 3. The molecule has 0 N–H and O–H groups in total. The number of piperazine rings is 1. The first-order chi connectivity index (χ1) is 11.9. The zero-order chi connectivity index (χ0) is 18.0. The molecule has 1 aliphatic carbocycles. The van der Waals surface area contributed by atoms with Gasteiger partial charge in [-0.25, -0.2) is 8.42 Å². The molecule has 7 heteroatoms. The summed E-state index contributed by atoms with van der Waals surface area (Å²) in [5.41, 5.74) is 2.62. The average molecular weight is 365 g/mol. The maximum absolute atomic E-state index is 12.8. The molecule has 2 aliphatic rings. The van der Waals surface area contributed by atoms with Crippen molar-refractivity contribution in [3.63, 3.8) is 0 Å². The fraction of sp³-hybridized carbons (Fsp3) is 0.611. The van der Waals surface area contributed by atoms with Crippen molar-refractivity contribution in [1.82, 2.24) is 14.1 Å². The first-order valence-electron chi connectivity index (χ1n) is 8.87. The highest BCUT2D eigenvalue weighted by Gasteiger charge is 2.29. The molecule has 1 atom stereocenters. The summed E-state index contributed by atoms with van der Waals surface area (Å²) in [6, 6.07) is 8.54. The van der Waals surface area contributed by atoms with Crippen LogP contribution in [0.15, 0.2) is 24.3 Å². The molecular weight excluding hydrogens is 338 g/mol. The summed E-state index contributed by atoms with van der Waals surface area (Å²) in [6.45, 7) is 2.48. The Balaban J connectivity index is 1.59. The van der Waals surface area contributed by atoms with E-state index in [2.05, 4.69) is 23.1 Å². The van der Waals surface area contributed by atoms with Crippen LogP contribution in [0.3, 0.4) is 0 Å². The van der Waals surface area contributed by atoms with E-state index in [-0.39, 0.29) is 11.9 Å². The van der Waals surface area contributed by atoms with E-state index in [1.807, 2.05) is 18.0 Å². The van der Waals surface area contributed by atoms with Crippen LogP contribution in [-0.4, -0.2) is 74.5 Å². The van der Waals surface area contributed by atoms with Gasteiger partial charge in [-0.3, -0.25) is 9.69 Å². The zero-order valence-corrected chi connectivity index (χ0v) is 15.8. The summed E-state index contributed by atoms with van der Waals surface area (Å²) in [4.78, 5) is 16.7. The summed E-state index contributed by atoms with van der Waals surface area (Å²) in [5.74, 6) is 0.106.